The summed E-state index contributed by atoms with van der Waals surface area (Å²) in [5.74, 6) is 0.610. The van der Waals surface area contributed by atoms with Crippen molar-refractivity contribution in [2.75, 3.05) is 32.1 Å². The van der Waals surface area contributed by atoms with Gasteiger partial charge in [0.1, 0.15) is 0 Å². The van der Waals surface area contributed by atoms with Crippen LogP contribution in [-0.4, -0.2) is 32.1 Å². The average molecular weight is 363 g/mol. The van der Waals surface area contributed by atoms with E-state index < -0.39 is 0 Å². The SMILES string of the molecule is CCc1ccc2c(c1)N(C[C@H](C)CN(C)C)c1ccccc1S2.Cl. The highest BCUT2D eigenvalue weighted by Crippen LogP contribution is 2.48. The van der Waals surface area contributed by atoms with Gasteiger partial charge in [0.05, 0.1) is 11.4 Å². The summed E-state index contributed by atoms with van der Waals surface area (Å²) in [5.41, 5.74) is 4.14. The van der Waals surface area contributed by atoms with Crippen molar-refractivity contribution in [2.24, 2.45) is 5.92 Å². The number of anilines is 2. The first-order valence-electron chi connectivity index (χ1n) is 8.40. The molecule has 1 aliphatic heterocycles. The zero-order valence-corrected chi connectivity index (χ0v) is 16.6. The normalized spacial score (nSPS) is 14.0. The molecule has 2 nitrogen and oxygen atoms in total. The number of benzene rings is 2. The number of rotatable bonds is 5. The van der Waals surface area contributed by atoms with Gasteiger partial charge in [-0.05, 0) is 56.3 Å². The second-order valence-electron chi connectivity index (χ2n) is 6.70. The van der Waals surface area contributed by atoms with Crippen LogP contribution in [0.5, 0.6) is 0 Å². The number of hydrogen-bond donors (Lipinski definition) is 0. The molecule has 0 unspecified atom stereocenters. The van der Waals surface area contributed by atoms with Gasteiger partial charge in [-0.2, -0.15) is 0 Å². The van der Waals surface area contributed by atoms with Crippen LogP contribution >= 0.6 is 24.2 Å². The highest BCUT2D eigenvalue weighted by molar-refractivity contribution is 7.99. The summed E-state index contributed by atoms with van der Waals surface area (Å²) in [6.07, 6.45) is 1.08. The predicted molar refractivity (Wildman–Crippen MR) is 108 cm³/mol. The maximum absolute atomic E-state index is 2.52. The van der Waals surface area contributed by atoms with Gasteiger partial charge in [-0.3, -0.25) is 0 Å². The number of aryl methyl sites for hydroxylation is 1. The summed E-state index contributed by atoms with van der Waals surface area (Å²) in [6, 6.07) is 15.7. The van der Waals surface area contributed by atoms with Gasteiger partial charge in [0.25, 0.3) is 0 Å². The predicted octanol–water partition coefficient (Wildman–Crippen LogP) is 5.47. The molecule has 0 aromatic heterocycles. The van der Waals surface area contributed by atoms with E-state index in [1.54, 1.807) is 0 Å². The summed E-state index contributed by atoms with van der Waals surface area (Å²) in [4.78, 5) is 7.53. The highest BCUT2D eigenvalue weighted by atomic mass is 35.5. The second kappa shape index (κ2) is 8.28. The monoisotopic (exact) mass is 362 g/mol. The fourth-order valence-corrected chi connectivity index (χ4v) is 4.36. The standard InChI is InChI=1S/C20H26N2S.ClH/c1-5-16-10-11-20-18(12-16)22(14-15(2)13-21(3)4)17-8-6-7-9-19(17)23-20;/h6-12,15H,5,13-14H2,1-4H3;1H/t15-;/m1./s1. The molecule has 3 rings (SSSR count). The van der Waals surface area contributed by atoms with Crippen LogP contribution in [0.15, 0.2) is 52.3 Å². The minimum atomic E-state index is 0. The molecule has 0 saturated carbocycles. The van der Waals surface area contributed by atoms with E-state index in [1.807, 2.05) is 11.8 Å². The smallest absolute Gasteiger partial charge is 0.0555 e. The first-order valence-corrected chi connectivity index (χ1v) is 9.22. The van der Waals surface area contributed by atoms with Gasteiger partial charge in [0, 0.05) is 22.9 Å². The van der Waals surface area contributed by atoms with Crippen LogP contribution < -0.4 is 4.90 Å². The van der Waals surface area contributed by atoms with Gasteiger partial charge >= 0.3 is 0 Å². The molecular formula is C20H27ClN2S. The molecule has 2 aromatic carbocycles. The Balaban J connectivity index is 0.00000208. The zero-order valence-electron chi connectivity index (χ0n) is 15.0. The minimum absolute atomic E-state index is 0. The molecule has 4 heteroatoms. The highest BCUT2D eigenvalue weighted by Gasteiger charge is 2.24. The zero-order chi connectivity index (χ0) is 16.4. The largest absolute Gasteiger partial charge is 0.339 e. The molecule has 0 spiro atoms. The Bertz CT molecular complexity index is 687. The van der Waals surface area contributed by atoms with Gasteiger partial charge in [0.2, 0.25) is 0 Å². The molecule has 24 heavy (non-hydrogen) atoms. The van der Waals surface area contributed by atoms with Gasteiger partial charge in [0.15, 0.2) is 0 Å². The van der Waals surface area contributed by atoms with Crippen molar-refractivity contribution in [3.63, 3.8) is 0 Å². The quantitative estimate of drug-likeness (QED) is 0.696. The summed E-state index contributed by atoms with van der Waals surface area (Å²) in [5, 5.41) is 0. The number of fused-ring (bicyclic) bond motifs is 2. The number of hydrogen-bond acceptors (Lipinski definition) is 3. The van der Waals surface area contributed by atoms with Crippen LogP contribution in [0.2, 0.25) is 0 Å². The molecule has 0 amide bonds. The minimum Gasteiger partial charge on any atom is -0.339 e. The maximum atomic E-state index is 2.52. The lowest BCUT2D eigenvalue weighted by molar-refractivity contribution is 0.343. The molecule has 0 radical (unpaired) electrons. The first kappa shape index (κ1) is 19.2. The fraction of sp³-hybridized carbons (Fsp3) is 0.400. The summed E-state index contributed by atoms with van der Waals surface area (Å²) in [7, 11) is 4.30. The van der Waals surface area contributed by atoms with Gasteiger partial charge < -0.3 is 9.80 Å². The summed E-state index contributed by atoms with van der Waals surface area (Å²) < 4.78 is 0. The molecule has 0 N–H and O–H groups in total. The van der Waals surface area contributed by atoms with Crippen LogP contribution in [0.3, 0.4) is 0 Å². The molecule has 1 atom stereocenters. The first-order chi connectivity index (χ1) is 11.1. The van der Waals surface area contributed by atoms with Gasteiger partial charge in [-0.25, -0.2) is 0 Å². The molecule has 0 fully saturated rings. The van der Waals surface area contributed by atoms with E-state index in [9.17, 15) is 0 Å². The van der Waals surface area contributed by atoms with Crippen molar-refractivity contribution in [3.8, 4) is 0 Å². The maximum Gasteiger partial charge on any atom is 0.0555 e. The molecule has 2 aromatic rings. The molecule has 1 heterocycles. The lowest BCUT2D eigenvalue weighted by Crippen LogP contribution is -2.31. The molecule has 0 aliphatic carbocycles. The second-order valence-corrected chi connectivity index (χ2v) is 7.79. The average Bonchev–Trinajstić information content (AvgIpc) is 2.53. The van der Waals surface area contributed by atoms with Crippen molar-refractivity contribution in [1.29, 1.82) is 0 Å². The molecule has 0 bridgehead atoms. The Hall–Kier alpha value is -1.16. The van der Waals surface area contributed by atoms with Gasteiger partial charge in [-0.15, -0.1) is 12.4 Å². The lowest BCUT2D eigenvalue weighted by Gasteiger charge is -2.35. The molecule has 130 valence electrons. The Morgan fingerprint density at radius 1 is 1.04 bits per heavy atom. The fourth-order valence-electron chi connectivity index (χ4n) is 3.28. The van der Waals surface area contributed by atoms with Crippen LogP contribution in [-0.2, 0) is 6.42 Å². The van der Waals surface area contributed by atoms with Crippen LogP contribution in [0.25, 0.3) is 0 Å². The van der Waals surface area contributed by atoms with E-state index in [4.69, 9.17) is 0 Å². The van der Waals surface area contributed by atoms with Crippen LogP contribution in [0.1, 0.15) is 19.4 Å². The van der Waals surface area contributed by atoms with Crippen molar-refractivity contribution in [1.82, 2.24) is 4.90 Å². The Labute approximate surface area is 156 Å². The molecule has 1 aliphatic rings. The van der Waals surface area contributed by atoms with E-state index in [0.717, 1.165) is 19.5 Å². The lowest BCUT2D eigenvalue weighted by atomic mass is 10.1. The third kappa shape index (κ3) is 4.08. The van der Waals surface area contributed by atoms with Crippen molar-refractivity contribution in [3.05, 3.63) is 48.0 Å². The number of nitrogens with zero attached hydrogens (tertiary/aromatic N) is 2. The van der Waals surface area contributed by atoms with Crippen LogP contribution in [0, 0.1) is 5.92 Å². The van der Waals surface area contributed by atoms with Gasteiger partial charge in [-0.1, -0.05) is 43.8 Å². The van der Waals surface area contributed by atoms with Crippen molar-refractivity contribution >= 4 is 35.5 Å². The van der Waals surface area contributed by atoms with Crippen molar-refractivity contribution in [2.45, 2.75) is 30.1 Å². The van der Waals surface area contributed by atoms with E-state index in [1.165, 1.54) is 26.7 Å². The Morgan fingerprint density at radius 3 is 2.46 bits per heavy atom. The Morgan fingerprint density at radius 2 is 1.75 bits per heavy atom. The molecular weight excluding hydrogens is 336 g/mol. The number of para-hydroxylation sites is 1. The number of halogens is 1. The Kier molecular flexibility index (Phi) is 6.62. The van der Waals surface area contributed by atoms with E-state index in [-0.39, 0.29) is 12.4 Å². The third-order valence-corrected chi connectivity index (χ3v) is 5.40. The summed E-state index contributed by atoms with van der Waals surface area (Å²) >= 11 is 1.89. The van der Waals surface area contributed by atoms with Crippen LogP contribution in [0.4, 0.5) is 11.4 Å². The topological polar surface area (TPSA) is 6.48 Å². The van der Waals surface area contributed by atoms with E-state index >= 15 is 0 Å². The summed E-state index contributed by atoms with van der Waals surface area (Å²) in [6.45, 7) is 6.73. The van der Waals surface area contributed by atoms with E-state index in [2.05, 4.69) is 80.2 Å². The third-order valence-electron chi connectivity index (χ3n) is 4.27. The van der Waals surface area contributed by atoms with Crippen molar-refractivity contribution < 1.29 is 0 Å². The molecule has 0 saturated heterocycles. The van der Waals surface area contributed by atoms with E-state index in [0.29, 0.717) is 5.92 Å².